The van der Waals surface area contributed by atoms with Gasteiger partial charge in [0.15, 0.2) is 0 Å². The third kappa shape index (κ3) is 35.7. The molecule has 0 spiro atoms. The topological polar surface area (TPSA) is 0 Å². The molecule has 0 unspecified atom stereocenters. The first-order valence-corrected chi connectivity index (χ1v) is 0. The summed E-state index contributed by atoms with van der Waals surface area (Å²) < 4.78 is 0. The van der Waals surface area contributed by atoms with Gasteiger partial charge in [0, 0.05) is 0 Å². The molecule has 0 saturated carbocycles. The normalized spacial score (nSPS) is 0. The fourth-order valence-electron chi connectivity index (χ4n) is 0. The summed E-state index contributed by atoms with van der Waals surface area (Å²) in [6.45, 7) is 0. The Morgan fingerprint density at radius 2 is 1.00 bits per heavy atom. The van der Waals surface area contributed by atoms with Gasteiger partial charge in [-0.05, 0) is 0 Å². The van der Waals surface area contributed by atoms with Crippen molar-refractivity contribution >= 4 is 63.9 Å². The molecule has 0 bridgehead atoms. The summed E-state index contributed by atoms with van der Waals surface area (Å²) in [6.07, 6.45) is 0. The maximum Gasteiger partial charge on any atom is 2.00 e. The summed E-state index contributed by atoms with van der Waals surface area (Å²) in [7, 11) is 0. The van der Waals surface area contributed by atoms with E-state index in [1.165, 1.54) is 0 Å². The van der Waals surface area contributed by atoms with Gasteiger partial charge >= 0.3 is 134 Å². The van der Waals surface area contributed by atoms with Crippen LogP contribution in [0.4, 0.5) is 0 Å². The van der Waals surface area contributed by atoms with Crippen LogP contribution < -0.4 is 104 Å². The predicted molar refractivity (Wildman–Crippen MR) is 16.8 cm³/mol. The molecule has 0 heterocycles. The number of halogens is 3. The van der Waals surface area contributed by atoms with Gasteiger partial charge in [-0.1, -0.05) is 0 Å². The molecule has 0 N–H and O–H groups in total. The summed E-state index contributed by atoms with van der Waals surface area (Å²) in [5.74, 6) is 0. The van der Waals surface area contributed by atoms with Gasteiger partial charge in [-0.15, -0.1) is 0 Å². The van der Waals surface area contributed by atoms with E-state index in [1.807, 2.05) is 0 Å². The Bertz CT molecular complexity index is 22.0. The third-order valence-corrected chi connectivity index (χ3v) is 0. The van der Waals surface area contributed by atoms with E-state index in [4.69, 9.17) is 0 Å². The first-order chi connectivity index (χ1) is 0. The van der Waals surface area contributed by atoms with Gasteiger partial charge in [-0.3, -0.25) is 0 Å². The molecule has 34 valence electrons. The van der Waals surface area contributed by atoms with Crippen molar-refractivity contribution in [2.75, 3.05) is 0 Å². The van der Waals surface area contributed by atoms with Crippen LogP contribution in [0.5, 0.6) is 0 Å². The van der Waals surface area contributed by atoms with Gasteiger partial charge in [0.2, 0.25) is 0 Å². The molecule has 0 radical (unpaired) electrons. The monoisotopic (exact) mass is 464 g/mol. The van der Waals surface area contributed by atoms with Crippen LogP contribution in [-0.4, -0.2) is 63.9 Å². The van der Waals surface area contributed by atoms with Crippen molar-refractivity contribution in [1.82, 2.24) is 0 Å². The van der Waals surface area contributed by atoms with Gasteiger partial charge in [0.05, 0.1) is 0 Å². The molecule has 0 aromatic heterocycles. The minimum Gasteiger partial charge on any atom is -1.00 e. The summed E-state index contributed by atoms with van der Waals surface area (Å²) in [4.78, 5) is 0. The molecule has 0 atom stereocenters. The molecular formula is H4BiCaF2IKLi. The van der Waals surface area contributed by atoms with Crippen LogP contribution in [0.1, 0.15) is 1.43 Å². The van der Waals surface area contributed by atoms with Crippen LogP contribution >= 0.6 is 0 Å². The molecular weight excluding hydrogens is 460 g/mol. The Morgan fingerprint density at radius 3 is 1.00 bits per heavy atom. The van der Waals surface area contributed by atoms with Gasteiger partial charge in [0.25, 0.3) is 0 Å². The zero-order valence-corrected chi connectivity index (χ0v) is 17.5. The average Bonchev–Trinajstić information content (AvgIpc) is 0. The molecule has 0 aromatic rings. The first-order valence-electron chi connectivity index (χ1n) is 0. The SMILES string of the molecule is [BiH3].[Ca+2].[F-].[F-].[H-].[I-].[K+].[Li+]. The summed E-state index contributed by atoms with van der Waals surface area (Å²) in [5.41, 5.74) is 0. The van der Waals surface area contributed by atoms with Crippen molar-refractivity contribution in [1.29, 1.82) is 0 Å². The van der Waals surface area contributed by atoms with Crippen LogP contribution in [-0.2, 0) is 0 Å². The fourth-order valence-corrected chi connectivity index (χ4v) is 0. The van der Waals surface area contributed by atoms with Crippen LogP contribution in [0, 0.1) is 0 Å². The van der Waals surface area contributed by atoms with Crippen molar-refractivity contribution < 1.29 is 105 Å². The fraction of sp³-hybridized carbons (Fsp3) is 0. The average molecular weight is 464 g/mol. The second-order valence-electron chi connectivity index (χ2n) is 0. The molecule has 0 rings (SSSR count). The largest absolute Gasteiger partial charge is 2.00 e. The zero-order valence-electron chi connectivity index (χ0n) is 5.55. The van der Waals surface area contributed by atoms with E-state index in [9.17, 15) is 0 Å². The van der Waals surface area contributed by atoms with E-state index < -0.39 is 0 Å². The predicted octanol–water partition coefficient (Wildman–Crippen LogP) is -16.4. The third-order valence-electron chi connectivity index (χ3n) is 0. The molecule has 0 nitrogen and oxygen atoms in total. The van der Waals surface area contributed by atoms with E-state index in [0.717, 1.165) is 0 Å². The van der Waals surface area contributed by atoms with Crippen LogP contribution in [0.3, 0.4) is 0 Å². The van der Waals surface area contributed by atoms with Gasteiger partial charge in [-0.2, -0.15) is 0 Å². The molecule has 7 heteroatoms. The maximum absolute atomic E-state index is 0. The second kappa shape index (κ2) is 44.2. The van der Waals surface area contributed by atoms with Crippen LogP contribution in [0.2, 0.25) is 0 Å². The minimum absolute atomic E-state index is 0. The van der Waals surface area contributed by atoms with E-state index in [2.05, 4.69) is 0 Å². The molecule has 7 heavy (non-hydrogen) atoms. The minimum atomic E-state index is 0. The van der Waals surface area contributed by atoms with Crippen molar-refractivity contribution in [2.45, 2.75) is 0 Å². The summed E-state index contributed by atoms with van der Waals surface area (Å²) in [6, 6.07) is 0. The zero-order chi connectivity index (χ0) is 0. The van der Waals surface area contributed by atoms with Gasteiger partial charge in [0.1, 0.15) is 0 Å². The van der Waals surface area contributed by atoms with Crippen LogP contribution in [0.25, 0.3) is 0 Å². The molecule has 0 aliphatic carbocycles. The Kier molecular flexibility index (Phi) is 368. The van der Waals surface area contributed by atoms with Crippen molar-refractivity contribution in [3.05, 3.63) is 0 Å². The number of hydrogen-bond acceptors (Lipinski definition) is 0. The molecule has 0 aromatic carbocycles. The number of rotatable bonds is 0. The Hall–Kier alpha value is 4.97. The Morgan fingerprint density at radius 1 is 1.00 bits per heavy atom. The van der Waals surface area contributed by atoms with E-state index in [-0.39, 0.29) is 169 Å². The Labute approximate surface area is 164 Å². The van der Waals surface area contributed by atoms with Crippen LogP contribution in [0.15, 0.2) is 0 Å². The summed E-state index contributed by atoms with van der Waals surface area (Å²) >= 11 is 0. The molecule has 0 aliphatic heterocycles. The first kappa shape index (κ1) is 58.3. The quantitative estimate of drug-likeness (QED) is 0.247. The molecule has 0 fully saturated rings. The second-order valence-corrected chi connectivity index (χ2v) is 0. The summed E-state index contributed by atoms with van der Waals surface area (Å²) in [5, 5.41) is 0. The van der Waals surface area contributed by atoms with Crippen molar-refractivity contribution in [3.63, 3.8) is 0 Å². The van der Waals surface area contributed by atoms with E-state index >= 15 is 0 Å². The van der Waals surface area contributed by atoms with Gasteiger partial charge in [-0.25, -0.2) is 0 Å². The Balaban J connectivity index is 0. The smallest absolute Gasteiger partial charge is 1.00 e. The standard InChI is InChI=1S/Bi.Ca.2FH.HI.K.Li.4H/h;;3*1H;;;;;;/q;+2;;;;2*+1;;;;-1/p-3. The van der Waals surface area contributed by atoms with E-state index in [1.54, 1.807) is 0 Å². The van der Waals surface area contributed by atoms with Crippen molar-refractivity contribution in [2.24, 2.45) is 0 Å². The number of hydrogen-bond donors (Lipinski definition) is 0. The maximum atomic E-state index is 0. The van der Waals surface area contributed by atoms with Gasteiger partial charge < -0.3 is 34.8 Å². The van der Waals surface area contributed by atoms with Crippen molar-refractivity contribution in [3.8, 4) is 0 Å². The molecule has 0 saturated heterocycles. The molecule has 0 amide bonds. The molecule has 0 aliphatic rings. The van der Waals surface area contributed by atoms with E-state index in [0.29, 0.717) is 0 Å².